The summed E-state index contributed by atoms with van der Waals surface area (Å²) in [5, 5.41) is 3.58. The van der Waals surface area contributed by atoms with E-state index in [2.05, 4.69) is 48.3 Å². The van der Waals surface area contributed by atoms with E-state index < -0.39 is 0 Å². The van der Waals surface area contributed by atoms with Crippen LogP contribution < -0.4 is 5.32 Å². The van der Waals surface area contributed by atoms with Gasteiger partial charge in [0.25, 0.3) is 0 Å². The van der Waals surface area contributed by atoms with E-state index in [4.69, 9.17) is 0 Å². The van der Waals surface area contributed by atoms with E-state index in [0.29, 0.717) is 0 Å². The van der Waals surface area contributed by atoms with Crippen molar-refractivity contribution in [3.05, 3.63) is 35.4 Å². The number of piperidine rings is 1. The van der Waals surface area contributed by atoms with E-state index in [0.717, 1.165) is 19.0 Å². The summed E-state index contributed by atoms with van der Waals surface area (Å²) in [5.74, 6) is 0.739. The van der Waals surface area contributed by atoms with Crippen LogP contribution in [0, 0.1) is 12.8 Å². The molecule has 2 rings (SSSR count). The fourth-order valence-electron chi connectivity index (χ4n) is 2.82. The second kappa shape index (κ2) is 7.66. The Bertz CT molecular complexity index is 352. The summed E-state index contributed by atoms with van der Waals surface area (Å²) in [5.41, 5.74) is 2.72. The van der Waals surface area contributed by atoms with E-state index in [1.54, 1.807) is 0 Å². The van der Waals surface area contributed by atoms with Gasteiger partial charge < -0.3 is 10.2 Å². The van der Waals surface area contributed by atoms with Crippen molar-refractivity contribution in [1.29, 1.82) is 0 Å². The Morgan fingerprint density at radius 1 is 1.11 bits per heavy atom. The van der Waals surface area contributed by atoms with Crippen LogP contribution in [-0.4, -0.2) is 31.1 Å². The highest BCUT2D eigenvalue weighted by molar-refractivity contribution is 5.21. The largest absolute Gasteiger partial charge is 0.312 e. The van der Waals surface area contributed by atoms with Gasteiger partial charge >= 0.3 is 0 Å². The highest BCUT2D eigenvalue weighted by Gasteiger charge is 2.12. The second-order valence-corrected chi connectivity index (χ2v) is 6.08. The van der Waals surface area contributed by atoms with Crippen molar-refractivity contribution < 1.29 is 0 Å². The predicted octanol–water partition coefficient (Wildman–Crippen LogP) is 3.21. The molecule has 0 aliphatic carbocycles. The average molecular weight is 260 g/mol. The Morgan fingerprint density at radius 2 is 1.79 bits per heavy atom. The lowest BCUT2D eigenvalue weighted by Gasteiger charge is -2.29. The summed E-state index contributed by atoms with van der Waals surface area (Å²) in [6.45, 7) is 10.5. The Balaban J connectivity index is 1.63. The average Bonchev–Trinajstić information content (AvgIpc) is 2.42. The highest BCUT2D eigenvalue weighted by Crippen LogP contribution is 2.10. The molecule has 0 radical (unpaired) electrons. The van der Waals surface area contributed by atoms with Crippen molar-refractivity contribution >= 4 is 0 Å². The van der Waals surface area contributed by atoms with Crippen LogP contribution >= 0.6 is 0 Å². The van der Waals surface area contributed by atoms with Gasteiger partial charge in [-0.1, -0.05) is 43.2 Å². The third kappa shape index (κ3) is 5.33. The molecule has 0 aromatic heterocycles. The summed E-state index contributed by atoms with van der Waals surface area (Å²) in [6, 6.07) is 8.82. The number of likely N-dealkylation sites (tertiary alicyclic amines) is 1. The number of hydrogen-bond donors (Lipinski definition) is 1. The van der Waals surface area contributed by atoms with Crippen LogP contribution in [0.25, 0.3) is 0 Å². The molecule has 1 fully saturated rings. The van der Waals surface area contributed by atoms with Crippen LogP contribution in [0.15, 0.2) is 24.3 Å². The zero-order valence-corrected chi connectivity index (χ0v) is 12.5. The van der Waals surface area contributed by atoms with Gasteiger partial charge in [-0.2, -0.15) is 0 Å². The molecule has 106 valence electrons. The lowest BCUT2D eigenvalue weighted by Crippen LogP contribution is -2.36. The fraction of sp³-hybridized carbons (Fsp3) is 0.647. The van der Waals surface area contributed by atoms with Crippen LogP contribution in [0.1, 0.15) is 37.3 Å². The van der Waals surface area contributed by atoms with Crippen LogP contribution in [0.4, 0.5) is 0 Å². The lowest BCUT2D eigenvalue weighted by atomic mass is 10.1. The quantitative estimate of drug-likeness (QED) is 0.845. The van der Waals surface area contributed by atoms with Gasteiger partial charge in [-0.05, 0) is 50.9 Å². The Kier molecular flexibility index (Phi) is 5.87. The maximum atomic E-state index is 3.58. The summed E-state index contributed by atoms with van der Waals surface area (Å²) >= 11 is 0. The van der Waals surface area contributed by atoms with Gasteiger partial charge in [-0.3, -0.25) is 0 Å². The number of nitrogens with one attached hydrogen (secondary N) is 1. The van der Waals surface area contributed by atoms with E-state index in [9.17, 15) is 0 Å². The summed E-state index contributed by atoms with van der Waals surface area (Å²) < 4.78 is 0. The molecule has 1 atom stereocenters. The summed E-state index contributed by atoms with van der Waals surface area (Å²) in [7, 11) is 0. The predicted molar refractivity (Wildman–Crippen MR) is 82.3 cm³/mol. The third-order valence-electron chi connectivity index (χ3n) is 3.96. The third-order valence-corrected chi connectivity index (χ3v) is 3.96. The van der Waals surface area contributed by atoms with E-state index in [-0.39, 0.29) is 0 Å². The Hall–Kier alpha value is -0.860. The van der Waals surface area contributed by atoms with Crippen molar-refractivity contribution in [1.82, 2.24) is 10.2 Å². The van der Waals surface area contributed by atoms with E-state index >= 15 is 0 Å². The van der Waals surface area contributed by atoms with E-state index in [1.807, 2.05) is 0 Å². The van der Waals surface area contributed by atoms with Crippen molar-refractivity contribution in [3.8, 4) is 0 Å². The van der Waals surface area contributed by atoms with Crippen LogP contribution in [0.5, 0.6) is 0 Å². The molecule has 1 heterocycles. The normalized spacial score (nSPS) is 18.4. The van der Waals surface area contributed by atoms with Crippen molar-refractivity contribution in [2.24, 2.45) is 5.92 Å². The zero-order valence-electron chi connectivity index (χ0n) is 12.5. The molecule has 1 aliphatic heterocycles. The maximum Gasteiger partial charge on any atom is 0.0205 e. The molecule has 1 saturated heterocycles. The molecule has 1 unspecified atom stereocenters. The van der Waals surface area contributed by atoms with Gasteiger partial charge in [0.05, 0.1) is 0 Å². The molecule has 1 N–H and O–H groups in total. The van der Waals surface area contributed by atoms with E-state index in [1.165, 1.54) is 50.0 Å². The number of hydrogen-bond acceptors (Lipinski definition) is 2. The second-order valence-electron chi connectivity index (χ2n) is 6.08. The Labute approximate surface area is 118 Å². The summed E-state index contributed by atoms with van der Waals surface area (Å²) in [6.07, 6.45) is 4.21. The monoisotopic (exact) mass is 260 g/mol. The summed E-state index contributed by atoms with van der Waals surface area (Å²) in [4.78, 5) is 2.63. The molecular formula is C17H28N2. The minimum atomic E-state index is 0.739. The Morgan fingerprint density at radius 3 is 2.47 bits per heavy atom. The minimum Gasteiger partial charge on any atom is -0.312 e. The lowest BCUT2D eigenvalue weighted by molar-refractivity contribution is 0.199. The minimum absolute atomic E-state index is 0.739. The number of nitrogens with zero attached hydrogens (tertiary/aromatic N) is 1. The molecule has 1 aromatic carbocycles. The topological polar surface area (TPSA) is 15.3 Å². The first-order chi connectivity index (χ1) is 9.24. The first kappa shape index (κ1) is 14.5. The number of rotatable bonds is 6. The first-order valence-electron chi connectivity index (χ1n) is 7.72. The number of aryl methyl sites for hydroxylation is 1. The molecule has 0 saturated carbocycles. The first-order valence-corrected chi connectivity index (χ1v) is 7.72. The SMILES string of the molecule is Cc1ccc(CNCC(C)CN2CCCCC2)cc1. The highest BCUT2D eigenvalue weighted by atomic mass is 15.1. The molecule has 2 heteroatoms. The standard InChI is InChI=1S/C17H28N2/c1-15-6-8-17(9-7-15)13-18-12-16(2)14-19-10-4-3-5-11-19/h6-9,16,18H,3-5,10-14H2,1-2H3. The number of benzene rings is 1. The molecule has 1 aliphatic rings. The van der Waals surface area contributed by atoms with Gasteiger partial charge in [0, 0.05) is 13.1 Å². The molecule has 0 bridgehead atoms. The molecule has 1 aromatic rings. The molecule has 19 heavy (non-hydrogen) atoms. The van der Waals surface area contributed by atoms with Gasteiger partial charge in [0.2, 0.25) is 0 Å². The van der Waals surface area contributed by atoms with Gasteiger partial charge in [-0.15, -0.1) is 0 Å². The van der Waals surface area contributed by atoms with Crippen molar-refractivity contribution in [2.45, 2.75) is 39.7 Å². The van der Waals surface area contributed by atoms with Crippen LogP contribution in [-0.2, 0) is 6.54 Å². The van der Waals surface area contributed by atoms with Crippen molar-refractivity contribution in [2.75, 3.05) is 26.2 Å². The maximum absolute atomic E-state index is 3.58. The molecule has 0 amide bonds. The van der Waals surface area contributed by atoms with Crippen LogP contribution in [0.2, 0.25) is 0 Å². The molecule has 0 spiro atoms. The fourth-order valence-corrected chi connectivity index (χ4v) is 2.82. The van der Waals surface area contributed by atoms with Gasteiger partial charge in [-0.25, -0.2) is 0 Å². The van der Waals surface area contributed by atoms with Gasteiger partial charge in [0.1, 0.15) is 0 Å². The zero-order chi connectivity index (χ0) is 13.5. The van der Waals surface area contributed by atoms with Crippen LogP contribution in [0.3, 0.4) is 0 Å². The van der Waals surface area contributed by atoms with Crippen molar-refractivity contribution in [3.63, 3.8) is 0 Å². The smallest absolute Gasteiger partial charge is 0.0205 e. The van der Waals surface area contributed by atoms with Gasteiger partial charge in [0.15, 0.2) is 0 Å². The molecular weight excluding hydrogens is 232 g/mol. The molecule has 2 nitrogen and oxygen atoms in total.